The summed E-state index contributed by atoms with van der Waals surface area (Å²) in [7, 11) is 1.54. The van der Waals surface area contributed by atoms with E-state index in [1.807, 2.05) is 0 Å². The second-order valence-electron chi connectivity index (χ2n) is 6.79. The first-order chi connectivity index (χ1) is 13.6. The number of hydrogen-bond acceptors (Lipinski definition) is 5. The van der Waals surface area contributed by atoms with Crippen molar-refractivity contribution in [3.05, 3.63) is 47.5 Å². The number of piperidine rings is 1. The van der Waals surface area contributed by atoms with E-state index in [0.29, 0.717) is 47.6 Å². The molecule has 1 atom stereocenters. The molecule has 2 amide bonds. The molecule has 0 aliphatic carbocycles. The number of amides is 2. The van der Waals surface area contributed by atoms with Gasteiger partial charge in [0.1, 0.15) is 11.4 Å². The molecule has 0 bridgehead atoms. The fourth-order valence-electron chi connectivity index (χ4n) is 3.36. The molecule has 1 N–H and O–H groups in total. The standard InChI is InChI=1S/C20H23ClN4O3/c1-28-18-6-5-15(11-16(18)21)24-19(26)7-4-14-3-2-10-25(13-14)20(27)17-12-22-8-9-23-17/h5-6,8-9,11-12,14H,2-4,7,10,13H2,1H3,(H,24,26). The van der Waals surface area contributed by atoms with Crippen molar-refractivity contribution in [3.8, 4) is 5.75 Å². The van der Waals surface area contributed by atoms with E-state index in [-0.39, 0.29) is 11.8 Å². The van der Waals surface area contributed by atoms with E-state index in [4.69, 9.17) is 16.3 Å². The van der Waals surface area contributed by atoms with Crippen LogP contribution in [0.5, 0.6) is 5.75 Å². The van der Waals surface area contributed by atoms with Crippen molar-refractivity contribution in [2.24, 2.45) is 5.92 Å². The average molecular weight is 403 g/mol. The van der Waals surface area contributed by atoms with Crippen LogP contribution >= 0.6 is 11.6 Å². The number of nitrogens with one attached hydrogen (secondary N) is 1. The van der Waals surface area contributed by atoms with E-state index in [0.717, 1.165) is 19.3 Å². The third-order valence-corrected chi connectivity index (χ3v) is 5.10. The van der Waals surface area contributed by atoms with Crippen LogP contribution in [0, 0.1) is 5.92 Å². The summed E-state index contributed by atoms with van der Waals surface area (Å²) in [6.07, 6.45) is 7.59. The van der Waals surface area contributed by atoms with Crippen LogP contribution in [0.4, 0.5) is 5.69 Å². The predicted molar refractivity (Wildman–Crippen MR) is 107 cm³/mol. The number of nitrogens with zero attached hydrogens (tertiary/aromatic N) is 3. The fourth-order valence-corrected chi connectivity index (χ4v) is 3.62. The maximum absolute atomic E-state index is 12.5. The van der Waals surface area contributed by atoms with Gasteiger partial charge in [0, 0.05) is 37.6 Å². The molecule has 0 saturated carbocycles. The van der Waals surface area contributed by atoms with Crippen LogP contribution < -0.4 is 10.1 Å². The molecule has 2 aromatic rings. The van der Waals surface area contributed by atoms with Gasteiger partial charge >= 0.3 is 0 Å². The molecule has 0 radical (unpaired) electrons. The third kappa shape index (κ3) is 5.19. The number of methoxy groups -OCH3 is 1. The van der Waals surface area contributed by atoms with Gasteiger partial charge in [0.2, 0.25) is 5.91 Å². The van der Waals surface area contributed by atoms with Gasteiger partial charge in [0.05, 0.1) is 18.3 Å². The first kappa shape index (κ1) is 20.1. The lowest BCUT2D eigenvalue weighted by atomic mass is 9.93. The Kier molecular flexibility index (Phi) is 6.81. The van der Waals surface area contributed by atoms with E-state index in [1.165, 1.54) is 12.4 Å². The van der Waals surface area contributed by atoms with Crippen molar-refractivity contribution in [2.75, 3.05) is 25.5 Å². The zero-order valence-electron chi connectivity index (χ0n) is 15.7. The van der Waals surface area contributed by atoms with Crippen molar-refractivity contribution in [2.45, 2.75) is 25.7 Å². The van der Waals surface area contributed by atoms with Crippen LogP contribution in [0.2, 0.25) is 5.02 Å². The van der Waals surface area contributed by atoms with Crippen molar-refractivity contribution >= 4 is 29.1 Å². The summed E-state index contributed by atoms with van der Waals surface area (Å²) in [4.78, 5) is 34.6. The molecular weight excluding hydrogens is 380 g/mol. The molecule has 148 valence electrons. The first-order valence-corrected chi connectivity index (χ1v) is 9.63. The molecule has 8 heteroatoms. The second-order valence-corrected chi connectivity index (χ2v) is 7.19. The van der Waals surface area contributed by atoms with Crippen LogP contribution in [0.25, 0.3) is 0 Å². The van der Waals surface area contributed by atoms with Crippen molar-refractivity contribution < 1.29 is 14.3 Å². The molecule has 1 aromatic heterocycles. The summed E-state index contributed by atoms with van der Waals surface area (Å²) in [6, 6.07) is 5.14. The molecule has 1 aromatic carbocycles. The van der Waals surface area contributed by atoms with E-state index in [9.17, 15) is 9.59 Å². The van der Waals surface area contributed by atoms with Gasteiger partial charge in [0.25, 0.3) is 5.91 Å². The highest BCUT2D eigenvalue weighted by Gasteiger charge is 2.25. The largest absolute Gasteiger partial charge is 0.495 e. The Balaban J connectivity index is 1.49. The van der Waals surface area contributed by atoms with Crippen LogP contribution in [0.1, 0.15) is 36.2 Å². The van der Waals surface area contributed by atoms with Crippen molar-refractivity contribution in [1.82, 2.24) is 14.9 Å². The average Bonchev–Trinajstić information content (AvgIpc) is 2.73. The zero-order valence-corrected chi connectivity index (χ0v) is 16.5. The normalized spacial score (nSPS) is 16.5. The van der Waals surface area contributed by atoms with E-state index in [1.54, 1.807) is 36.4 Å². The molecule has 0 spiro atoms. The van der Waals surface area contributed by atoms with Gasteiger partial charge in [-0.25, -0.2) is 4.98 Å². The van der Waals surface area contributed by atoms with Crippen LogP contribution in [0.3, 0.4) is 0 Å². The molecule has 1 aliphatic rings. The number of ether oxygens (including phenoxy) is 1. The Hall–Kier alpha value is -2.67. The predicted octanol–water partition coefficient (Wildman–Crippen LogP) is 3.41. The van der Waals surface area contributed by atoms with Crippen molar-refractivity contribution in [3.63, 3.8) is 0 Å². The monoisotopic (exact) mass is 402 g/mol. The van der Waals surface area contributed by atoms with Gasteiger partial charge in [-0.05, 0) is 43.4 Å². The molecule has 1 aliphatic heterocycles. The number of carbonyl (C=O) groups is 2. The Morgan fingerprint density at radius 3 is 2.93 bits per heavy atom. The van der Waals surface area contributed by atoms with Gasteiger partial charge < -0.3 is 15.0 Å². The topological polar surface area (TPSA) is 84.4 Å². The van der Waals surface area contributed by atoms with Crippen LogP contribution in [0.15, 0.2) is 36.8 Å². The minimum atomic E-state index is -0.102. The zero-order chi connectivity index (χ0) is 19.9. The Labute approximate surface area is 169 Å². The molecule has 1 unspecified atom stereocenters. The molecule has 1 fully saturated rings. The lowest BCUT2D eigenvalue weighted by Gasteiger charge is -2.32. The van der Waals surface area contributed by atoms with Gasteiger partial charge in [-0.15, -0.1) is 0 Å². The molecule has 3 rings (SSSR count). The minimum absolute atomic E-state index is 0.0707. The maximum atomic E-state index is 12.5. The van der Waals surface area contributed by atoms with Gasteiger partial charge in [-0.2, -0.15) is 0 Å². The highest BCUT2D eigenvalue weighted by atomic mass is 35.5. The number of benzene rings is 1. The van der Waals surface area contributed by atoms with Gasteiger partial charge in [0.15, 0.2) is 0 Å². The van der Waals surface area contributed by atoms with Crippen molar-refractivity contribution in [1.29, 1.82) is 0 Å². The molecule has 2 heterocycles. The Morgan fingerprint density at radius 1 is 1.36 bits per heavy atom. The van der Waals surface area contributed by atoms with Gasteiger partial charge in [-0.1, -0.05) is 11.6 Å². The number of likely N-dealkylation sites (tertiary alicyclic amines) is 1. The Bertz CT molecular complexity index is 831. The van der Waals surface area contributed by atoms with E-state index >= 15 is 0 Å². The summed E-state index contributed by atoms with van der Waals surface area (Å²) >= 11 is 6.08. The minimum Gasteiger partial charge on any atom is -0.495 e. The maximum Gasteiger partial charge on any atom is 0.274 e. The highest BCUT2D eigenvalue weighted by Crippen LogP contribution is 2.27. The fraction of sp³-hybridized carbons (Fsp3) is 0.400. The SMILES string of the molecule is COc1ccc(NC(=O)CCC2CCCN(C(=O)c3cnccn3)C2)cc1Cl. The van der Waals surface area contributed by atoms with E-state index < -0.39 is 0 Å². The smallest absolute Gasteiger partial charge is 0.274 e. The van der Waals surface area contributed by atoms with Gasteiger partial charge in [-0.3, -0.25) is 14.6 Å². The number of aromatic nitrogens is 2. The quantitative estimate of drug-likeness (QED) is 0.800. The summed E-state index contributed by atoms with van der Waals surface area (Å²) in [5, 5.41) is 3.31. The lowest BCUT2D eigenvalue weighted by molar-refractivity contribution is -0.116. The number of carbonyl (C=O) groups excluding carboxylic acids is 2. The first-order valence-electron chi connectivity index (χ1n) is 9.25. The second kappa shape index (κ2) is 9.50. The third-order valence-electron chi connectivity index (χ3n) is 4.80. The summed E-state index contributed by atoms with van der Waals surface area (Å²) in [6.45, 7) is 1.35. The molecule has 1 saturated heterocycles. The van der Waals surface area contributed by atoms with Crippen LogP contribution in [-0.2, 0) is 4.79 Å². The summed E-state index contributed by atoms with van der Waals surface area (Å²) in [5.74, 6) is 0.683. The summed E-state index contributed by atoms with van der Waals surface area (Å²) < 4.78 is 5.11. The number of rotatable bonds is 6. The van der Waals surface area contributed by atoms with Crippen LogP contribution in [-0.4, -0.2) is 46.9 Å². The number of halogens is 1. The number of anilines is 1. The number of hydrogen-bond donors (Lipinski definition) is 1. The molecular formula is C20H23ClN4O3. The lowest BCUT2D eigenvalue weighted by Crippen LogP contribution is -2.40. The summed E-state index contributed by atoms with van der Waals surface area (Å²) in [5.41, 5.74) is 0.996. The molecule has 28 heavy (non-hydrogen) atoms. The molecule has 7 nitrogen and oxygen atoms in total. The van der Waals surface area contributed by atoms with E-state index in [2.05, 4.69) is 15.3 Å². The Morgan fingerprint density at radius 2 is 2.21 bits per heavy atom. The highest BCUT2D eigenvalue weighted by molar-refractivity contribution is 6.32.